The summed E-state index contributed by atoms with van der Waals surface area (Å²) < 4.78 is 0. The second kappa shape index (κ2) is 12.2. The number of halogens is 2. The van der Waals surface area contributed by atoms with E-state index in [0.29, 0.717) is 0 Å². The summed E-state index contributed by atoms with van der Waals surface area (Å²) in [4.78, 5) is 0. The van der Waals surface area contributed by atoms with E-state index in [9.17, 15) is 0 Å². The van der Waals surface area contributed by atoms with Crippen LogP contribution >= 0.6 is 18.6 Å². The van der Waals surface area contributed by atoms with Gasteiger partial charge < -0.3 is 0 Å². The second-order valence-electron chi connectivity index (χ2n) is 3.23. The van der Waals surface area contributed by atoms with E-state index in [1.807, 2.05) is 48.5 Å². The topological polar surface area (TPSA) is 0 Å². The van der Waals surface area contributed by atoms with E-state index in [2.05, 4.69) is 26.0 Å². The van der Waals surface area contributed by atoms with Crippen LogP contribution in [0.2, 0.25) is 0 Å². The average Bonchev–Trinajstić information content (AvgIpc) is 2.33. The molecular weight excluding hydrogens is 287 g/mol. The van der Waals surface area contributed by atoms with Crippen molar-refractivity contribution >= 4 is 18.6 Å². The predicted octanol–water partition coefficient (Wildman–Crippen LogP) is 4.97. The van der Waals surface area contributed by atoms with Crippen LogP contribution in [0.3, 0.4) is 0 Å². The van der Waals surface area contributed by atoms with Crippen LogP contribution in [0.15, 0.2) is 48.5 Å². The number of hydrogen-bond donors (Lipinski definition) is 0. The van der Waals surface area contributed by atoms with Crippen LogP contribution in [0.1, 0.15) is 11.1 Å². The molecule has 0 heterocycles. The zero-order valence-corrected chi connectivity index (χ0v) is 12.9. The van der Waals surface area contributed by atoms with Crippen molar-refractivity contribution in [1.29, 1.82) is 0 Å². The zero-order chi connectivity index (χ0) is 12.9. The molecule has 0 saturated heterocycles. The van der Waals surface area contributed by atoms with Gasteiger partial charge in [-0.1, -0.05) is 13.8 Å². The van der Waals surface area contributed by atoms with Crippen molar-refractivity contribution in [2.75, 3.05) is 0 Å². The minimum atomic E-state index is -0.556. The maximum absolute atomic E-state index is 4.89. The molecule has 0 aliphatic heterocycles. The Morgan fingerprint density at radius 2 is 1.00 bits per heavy atom. The van der Waals surface area contributed by atoms with Crippen molar-refractivity contribution in [3.05, 3.63) is 71.8 Å². The third kappa shape index (κ3) is 12.0. The monoisotopic (exact) mass is 300 g/mol. The molecule has 0 aliphatic rings. The summed E-state index contributed by atoms with van der Waals surface area (Å²) in [5.74, 6) is 0. The normalized spacial score (nSPS) is 8.00. The van der Waals surface area contributed by atoms with Crippen molar-refractivity contribution < 1.29 is 17.0 Å². The molecule has 0 aromatic heterocycles. The third-order valence-corrected chi connectivity index (χ3v) is 1.77. The van der Waals surface area contributed by atoms with Crippen LogP contribution < -0.4 is 0 Å². The first kappa shape index (κ1) is 16.7. The molecule has 0 nitrogen and oxygen atoms in total. The first-order valence-corrected chi connectivity index (χ1v) is 9.32. The van der Waals surface area contributed by atoms with Gasteiger partial charge in [0.2, 0.25) is 0 Å². The van der Waals surface area contributed by atoms with Gasteiger partial charge in [-0.2, -0.15) is 71.8 Å². The number of rotatable bonds is 0. The van der Waals surface area contributed by atoms with Crippen molar-refractivity contribution in [2.24, 2.45) is 0 Å². The first-order chi connectivity index (χ1) is 8.20. The van der Waals surface area contributed by atoms with Gasteiger partial charge in [-0.3, -0.25) is 0 Å². The number of hydrogen-bond acceptors (Lipinski definition) is 0. The molecule has 0 aliphatic carbocycles. The Morgan fingerprint density at radius 3 is 1.12 bits per heavy atom. The Morgan fingerprint density at radius 1 is 0.765 bits per heavy atom. The maximum atomic E-state index is 4.89. The Bertz CT molecular complexity index is 325. The van der Waals surface area contributed by atoms with Crippen molar-refractivity contribution in [1.82, 2.24) is 0 Å². The van der Waals surface area contributed by atoms with Crippen LogP contribution in [0.5, 0.6) is 0 Å². The summed E-state index contributed by atoms with van der Waals surface area (Å²) >= 11 is -0.556. The van der Waals surface area contributed by atoms with E-state index in [4.69, 9.17) is 18.6 Å². The molecule has 0 radical (unpaired) electrons. The van der Waals surface area contributed by atoms with Crippen LogP contribution in [0.25, 0.3) is 0 Å². The number of aryl methyl sites for hydroxylation is 2. The molecule has 0 unspecified atom stereocenters. The van der Waals surface area contributed by atoms with E-state index in [-0.39, 0.29) is 0 Å². The molecule has 0 saturated carbocycles. The van der Waals surface area contributed by atoms with Gasteiger partial charge in [0, 0.05) is 0 Å². The van der Waals surface area contributed by atoms with Gasteiger partial charge in [0.25, 0.3) is 0 Å². The Kier molecular flexibility index (Phi) is 12.0. The summed E-state index contributed by atoms with van der Waals surface area (Å²) in [7, 11) is 9.78. The van der Waals surface area contributed by atoms with E-state index in [0.717, 1.165) is 0 Å². The SMILES string of the molecule is Cc1cc[c-]cc1.Cc1cc[c-]cc1.[Cl][Ti][Cl]. The van der Waals surface area contributed by atoms with Crippen LogP contribution in [-0.4, -0.2) is 0 Å². The average molecular weight is 301 g/mol. The first-order valence-electron chi connectivity index (χ1n) is 5.02. The molecule has 17 heavy (non-hydrogen) atoms. The van der Waals surface area contributed by atoms with Gasteiger partial charge in [0.05, 0.1) is 0 Å². The van der Waals surface area contributed by atoms with Crippen LogP contribution in [0, 0.1) is 26.0 Å². The van der Waals surface area contributed by atoms with Crippen molar-refractivity contribution in [3.63, 3.8) is 0 Å². The minimum absolute atomic E-state index is 0.556. The Labute approximate surface area is 121 Å². The fourth-order valence-electron chi connectivity index (χ4n) is 0.940. The number of benzene rings is 2. The Balaban J connectivity index is 0.000000247. The molecule has 3 heteroatoms. The summed E-state index contributed by atoms with van der Waals surface area (Å²) in [6.07, 6.45) is 0. The van der Waals surface area contributed by atoms with E-state index in [1.54, 1.807) is 0 Å². The van der Waals surface area contributed by atoms with Gasteiger partial charge in [-0.25, -0.2) is 0 Å². The summed E-state index contributed by atoms with van der Waals surface area (Å²) in [6, 6.07) is 21.6. The fourth-order valence-corrected chi connectivity index (χ4v) is 0.940. The van der Waals surface area contributed by atoms with Gasteiger partial charge in [-0.05, 0) is 0 Å². The summed E-state index contributed by atoms with van der Waals surface area (Å²) in [5.41, 5.74) is 2.58. The molecule has 0 atom stereocenters. The molecule has 0 spiro atoms. The van der Waals surface area contributed by atoms with Crippen LogP contribution in [0.4, 0.5) is 0 Å². The molecule has 90 valence electrons. The predicted molar refractivity (Wildman–Crippen MR) is 71.7 cm³/mol. The zero-order valence-electron chi connectivity index (χ0n) is 9.87. The molecule has 0 amide bonds. The van der Waals surface area contributed by atoms with Crippen molar-refractivity contribution in [3.8, 4) is 0 Å². The van der Waals surface area contributed by atoms with E-state index < -0.39 is 17.0 Å². The molecule has 2 aromatic rings. The molecule has 0 bridgehead atoms. The summed E-state index contributed by atoms with van der Waals surface area (Å²) in [6.45, 7) is 4.13. The molecule has 0 fully saturated rings. The van der Waals surface area contributed by atoms with E-state index >= 15 is 0 Å². The van der Waals surface area contributed by atoms with Gasteiger partial charge in [0.15, 0.2) is 0 Å². The molecule has 0 N–H and O–H groups in total. The molecule has 2 aromatic carbocycles. The Hall–Kier alpha value is -0.266. The molecular formula is C14H14Cl2Ti-2. The quantitative estimate of drug-likeness (QED) is 0.476. The van der Waals surface area contributed by atoms with E-state index in [1.165, 1.54) is 11.1 Å². The second-order valence-corrected chi connectivity index (χ2v) is 5.81. The van der Waals surface area contributed by atoms with Gasteiger partial charge >= 0.3 is 35.6 Å². The molecule has 2 rings (SSSR count). The van der Waals surface area contributed by atoms with Crippen molar-refractivity contribution in [2.45, 2.75) is 13.8 Å². The van der Waals surface area contributed by atoms with Gasteiger partial charge in [-0.15, -0.1) is 0 Å². The van der Waals surface area contributed by atoms with Crippen LogP contribution in [-0.2, 0) is 17.0 Å². The summed E-state index contributed by atoms with van der Waals surface area (Å²) in [5, 5.41) is 0. The standard InChI is InChI=1S/2C7H7.2ClH.Ti/c2*1-7-5-3-2-4-6-7;;;/h2*3-6H,1H3;2*1H;/q2*-1;;;+2/p-2. The fraction of sp³-hybridized carbons (Fsp3) is 0.143. The third-order valence-electron chi connectivity index (χ3n) is 1.77. The van der Waals surface area contributed by atoms with Gasteiger partial charge in [0.1, 0.15) is 0 Å².